The molecule has 0 aliphatic heterocycles. The van der Waals surface area contributed by atoms with Gasteiger partial charge in [0, 0.05) is 22.2 Å². The van der Waals surface area contributed by atoms with Crippen molar-refractivity contribution >= 4 is 15.9 Å². The van der Waals surface area contributed by atoms with Gasteiger partial charge in [0.05, 0.1) is 0 Å². The molecule has 0 radical (unpaired) electrons. The fourth-order valence-electron chi connectivity index (χ4n) is 1.13. The lowest BCUT2D eigenvalue weighted by molar-refractivity contribution is 0.358. The van der Waals surface area contributed by atoms with Crippen LogP contribution in [-0.2, 0) is 0 Å². The third-order valence-electron chi connectivity index (χ3n) is 1.86. The Morgan fingerprint density at radius 1 is 1.67 bits per heavy atom. The molecule has 0 unspecified atom stereocenters. The average molecular weight is 274 g/mol. The second-order valence-corrected chi connectivity index (χ2v) is 4.40. The molecule has 1 atom stereocenters. The molecule has 0 aromatic heterocycles. The molecule has 0 amide bonds. The van der Waals surface area contributed by atoms with Gasteiger partial charge in [-0.3, -0.25) is 0 Å². The zero-order valence-electron chi connectivity index (χ0n) is 8.47. The summed E-state index contributed by atoms with van der Waals surface area (Å²) in [5.74, 6) is 0.125. The summed E-state index contributed by atoms with van der Waals surface area (Å²) < 4.78 is 19.4. The zero-order chi connectivity index (χ0) is 11.4. The lowest BCUT2D eigenvalue weighted by Gasteiger charge is -2.09. The van der Waals surface area contributed by atoms with Crippen LogP contribution in [0.4, 0.5) is 4.39 Å². The van der Waals surface area contributed by atoms with Gasteiger partial charge in [0.25, 0.3) is 0 Å². The summed E-state index contributed by atoms with van der Waals surface area (Å²) in [6.45, 7) is 5.67. The van der Waals surface area contributed by atoms with E-state index >= 15 is 0 Å². The van der Waals surface area contributed by atoms with E-state index in [0.29, 0.717) is 22.4 Å². The van der Waals surface area contributed by atoms with Crippen molar-refractivity contribution in [1.29, 1.82) is 0 Å². The van der Waals surface area contributed by atoms with Crippen molar-refractivity contribution in [3.8, 4) is 5.75 Å². The number of halogens is 2. The normalized spacial score (nSPS) is 12.3. The van der Waals surface area contributed by atoms with Crippen LogP contribution in [0.3, 0.4) is 0 Å². The predicted octanol–water partition coefficient (Wildman–Crippen LogP) is 3.13. The third kappa shape index (κ3) is 3.64. The molecule has 2 N–H and O–H groups in total. The lowest BCUT2D eigenvalue weighted by atomic mass is 10.1. The highest BCUT2D eigenvalue weighted by Gasteiger charge is 2.07. The maximum Gasteiger partial charge on any atom is 0.131 e. The molecule has 1 aromatic rings. The molecule has 0 fully saturated rings. The van der Waals surface area contributed by atoms with Gasteiger partial charge in [0.1, 0.15) is 18.2 Å². The smallest absolute Gasteiger partial charge is 0.131 e. The quantitative estimate of drug-likeness (QED) is 0.915. The summed E-state index contributed by atoms with van der Waals surface area (Å²) in [5, 5.41) is 0. The summed E-state index contributed by atoms with van der Waals surface area (Å²) in [7, 11) is 0. The fraction of sp³-hybridized carbons (Fsp3) is 0.273. The van der Waals surface area contributed by atoms with Crippen molar-refractivity contribution in [1.82, 2.24) is 0 Å². The van der Waals surface area contributed by atoms with Crippen LogP contribution in [0.2, 0.25) is 0 Å². The van der Waals surface area contributed by atoms with Crippen LogP contribution in [0.15, 0.2) is 29.3 Å². The van der Waals surface area contributed by atoms with Crippen LogP contribution in [0, 0.1) is 5.82 Å². The van der Waals surface area contributed by atoms with Gasteiger partial charge in [-0.05, 0) is 13.0 Å². The van der Waals surface area contributed by atoms with Gasteiger partial charge in [-0.2, -0.15) is 0 Å². The molecule has 15 heavy (non-hydrogen) atoms. The van der Waals surface area contributed by atoms with Gasteiger partial charge in [-0.15, -0.1) is 0 Å². The van der Waals surface area contributed by atoms with Crippen LogP contribution in [-0.4, -0.2) is 6.61 Å². The summed E-state index contributed by atoms with van der Waals surface area (Å²) in [6.07, 6.45) is 0. The first kappa shape index (κ1) is 12.2. The molecule has 4 heteroatoms. The maximum absolute atomic E-state index is 13.4. The van der Waals surface area contributed by atoms with Gasteiger partial charge in [0.15, 0.2) is 0 Å². The van der Waals surface area contributed by atoms with Gasteiger partial charge in [-0.25, -0.2) is 4.39 Å². The molecular formula is C11H13BrFNO. The minimum Gasteiger partial charge on any atom is -0.488 e. The number of hydrogen-bond donors (Lipinski definition) is 1. The topological polar surface area (TPSA) is 35.2 Å². The first-order valence-corrected chi connectivity index (χ1v) is 5.31. The number of rotatable bonds is 4. The monoisotopic (exact) mass is 273 g/mol. The zero-order valence-corrected chi connectivity index (χ0v) is 10.1. The maximum atomic E-state index is 13.4. The standard InChI is InChI=1S/C11H13BrFNO/c1-7(12)6-15-9-3-4-10(8(2)14)11(13)5-9/h3-5,8H,1,6,14H2,2H3/t8-/m1/s1. The molecule has 82 valence electrons. The Balaban J connectivity index is 2.77. The Morgan fingerprint density at radius 3 is 2.80 bits per heavy atom. The Bertz CT molecular complexity index is 366. The van der Waals surface area contributed by atoms with E-state index in [1.165, 1.54) is 6.07 Å². The average Bonchev–Trinajstić information content (AvgIpc) is 2.14. The third-order valence-corrected chi connectivity index (χ3v) is 2.09. The molecule has 0 bridgehead atoms. The lowest BCUT2D eigenvalue weighted by Crippen LogP contribution is -2.07. The fourth-order valence-corrected chi connectivity index (χ4v) is 1.24. The highest BCUT2D eigenvalue weighted by Crippen LogP contribution is 2.21. The first-order valence-electron chi connectivity index (χ1n) is 4.52. The number of ether oxygens (including phenoxy) is 1. The van der Waals surface area contributed by atoms with E-state index in [1.807, 2.05) is 0 Å². The van der Waals surface area contributed by atoms with Gasteiger partial charge in [0.2, 0.25) is 0 Å². The largest absolute Gasteiger partial charge is 0.488 e. The predicted molar refractivity (Wildman–Crippen MR) is 62.6 cm³/mol. The Morgan fingerprint density at radius 2 is 2.33 bits per heavy atom. The van der Waals surface area contributed by atoms with Crippen molar-refractivity contribution in [3.05, 3.63) is 40.6 Å². The highest BCUT2D eigenvalue weighted by atomic mass is 79.9. The molecule has 1 aromatic carbocycles. The number of nitrogens with two attached hydrogens (primary N) is 1. The van der Waals surface area contributed by atoms with Crippen molar-refractivity contribution in [3.63, 3.8) is 0 Å². The summed E-state index contributed by atoms with van der Waals surface area (Å²) in [4.78, 5) is 0. The van der Waals surface area contributed by atoms with Crippen molar-refractivity contribution in [2.24, 2.45) is 5.73 Å². The van der Waals surface area contributed by atoms with Crippen molar-refractivity contribution in [2.75, 3.05) is 6.61 Å². The minimum absolute atomic E-state index is 0.315. The minimum atomic E-state index is -0.345. The van der Waals surface area contributed by atoms with E-state index in [1.54, 1.807) is 19.1 Å². The van der Waals surface area contributed by atoms with Crippen LogP contribution in [0.5, 0.6) is 5.75 Å². The van der Waals surface area contributed by atoms with E-state index in [0.717, 1.165) is 0 Å². The Kier molecular flexibility index (Phi) is 4.29. The number of benzene rings is 1. The van der Waals surface area contributed by atoms with E-state index in [9.17, 15) is 4.39 Å². The summed E-state index contributed by atoms with van der Waals surface area (Å²) in [5.41, 5.74) is 6.07. The Hall–Kier alpha value is -0.870. The summed E-state index contributed by atoms with van der Waals surface area (Å²) in [6, 6.07) is 4.34. The second-order valence-electron chi connectivity index (χ2n) is 3.28. The summed E-state index contributed by atoms with van der Waals surface area (Å²) >= 11 is 3.15. The number of hydrogen-bond acceptors (Lipinski definition) is 2. The van der Waals surface area contributed by atoms with Crippen molar-refractivity contribution in [2.45, 2.75) is 13.0 Å². The van der Waals surface area contributed by atoms with Crippen LogP contribution in [0.1, 0.15) is 18.5 Å². The molecule has 0 aliphatic carbocycles. The van der Waals surface area contributed by atoms with Gasteiger partial charge < -0.3 is 10.5 Å². The van der Waals surface area contributed by atoms with Crippen LogP contribution in [0.25, 0.3) is 0 Å². The molecule has 2 nitrogen and oxygen atoms in total. The highest BCUT2D eigenvalue weighted by molar-refractivity contribution is 9.11. The molecule has 0 aliphatic rings. The van der Waals surface area contributed by atoms with E-state index in [-0.39, 0.29) is 11.9 Å². The SMILES string of the molecule is C=C(Br)COc1ccc([C@@H](C)N)c(F)c1. The van der Waals surface area contributed by atoms with E-state index < -0.39 is 0 Å². The molecule has 0 saturated heterocycles. The van der Waals surface area contributed by atoms with E-state index in [2.05, 4.69) is 22.5 Å². The Labute approximate surface area is 97.1 Å². The van der Waals surface area contributed by atoms with Crippen molar-refractivity contribution < 1.29 is 9.13 Å². The molecule has 0 heterocycles. The van der Waals surface area contributed by atoms with Crippen LogP contribution < -0.4 is 10.5 Å². The van der Waals surface area contributed by atoms with Gasteiger partial charge >= 0.3 is 0 Å². The first-order chi connectivity index (χ1) is 7.00. The molecule has 0 spiro atoms. The molecule has 0 saturated carbocycles. The molecular weight excluding hydrogens is 261 g/mol. The van der Waals surface area contributed by atoms with E-state index in [4.69, 9.17) is 10.5 Å². The van der Waals surface area contributed by atoms with Gasteiger partial charge in [-0.1, -0.05) is 28.6 Å². The van der Waals surface area contributed by atoms with Crippen LogP contribution >= 0.6 is 15.9 Å². The second kappa shape index (κ2) is 5.28. The molecule has 1 rings (SSSR count).